The Morgan fingerprint density at radius 1 is 1.26 bits per heavy atom. The van der Waals surface area contributed by atoms with Crippen LogP contribution in [0.3, 0.4) is 0 Å². The third kappa shape index (κ3) is 2.98. The van der Waals surface area contributed by atoms with Crippen molar-refractivity contribution in [3.05, 3.63) is 30.1 Å². The second-order valence-electron chi connectivity index (χ2n) is 5.67. The Hall–Kier alpha value is -1.35. The first-order chi connectivity index (χ1) is 9.17. The van der Waals surface area contributed by atoms with Gasteiger partial charge >= 0.3 is 0 Å². The highest BCUT2D eigenvalue weighted by Gasteiger charge is 2.19. The quantitative estimate of drug-likeness (QED) is 0.862. The van der Waals surface area contributed by atoms with E-state index in [1.807, 2.05) is 0 Å². The summed E-state index contributed by atoms with van der Waals surface area (Å²) in [6.07, 6.45) is 2.22. The van der Waals surface area contributed by atoms with Crippen molar-refractivity contribution in [3.63, 3.8) is 0 Å². The van der Waals surface area contributed by atoms with Crippen molar-refractivity contribution < 1.29 is 0 Å². The lowest BCUT2D eigenvalue weighted by Gasteiger charge is -2.18. The fraction of sp³-hybridized carbons (Fsp3) is 0.562. The van der Waals surface area contributed by atoms with Crippen LogP contribution in [0.5, 0.6) is 0 Å². The molecule has 1 unspecified atom stereocenters. The number of nitrogens with two attached hydrogens (primary N) is 1. The normalized spacial score (nSPS) is 13.3. The van der Waals surface area contributed by atoms with E-state index in [0.717, 1.165) is 24.9 Å². The number of imidazole rings is 1. The first kappa shape index (κ1) is 14.1. The van der Waals surface area contributed by atoms with Crippen LogP contribution >= 0.6 is 0 Å². The number of fused-ring (bicyclic) bond motifs is 1. The van der Waals surface area contributed by atoms with Crippen LogP contribution in [0.4, 0.5) is 0 Å². The summed E-state index contributed by atoms with van der Waals surface area (Å²) >= 11 is 0. The summed E-state index contributed by atoms with van der Waals surface area (Å²) in [6, 6.07) is 8.38. The number of aromatic nitrogens is 2. The van der Waals surface area contributed by atoms with Gasteiger partial charge in [0, 0.05) is 19.0 Å². The van der Waals surface area contributed by atoms with Crippen molar-refractivity contribution in [3.8, 4) is 0 Å². The lowest BCUT2D eigenvalue weighted by atomic mass is 9.96. The maximum Gasteiger partial charge on any atom is 0.114 e. The molecule has 0 bridgehead atoms. The topological polar surface area (TPSA) is 43.8 Å². The number of hydrogen-bond acceptors (Lipinski definition) is 2. The molecule has 1 atom stereocenters. The van der Waals surface area contributed by atoms with Crippen molar-refractivity contribution >= 4 is 11.0 Å². The summed E-state index contributed by atoms with van der Waals surface area (Å²) < 4.78 is 2.36. The lowest BCUT2D eigenvalue weighted by molar-refractivity contribution is 0.470. The third-order valence-corrected chi connectivity index (χ3v) is 3.54. The van der Waals surface area contributed by atoms with Crippen molar-refractivity contribution in [1.29, 1.82) is 0 Å². The van der Waals surface area contributed by atoms with E-state index in [-0.39, 0.29) is 0 Å². The zero-order chi connectivity index (χ0) is 13.8. The number of hydrogen-bond donors (Lipinski definition) is 1. The summed E-state index contributed by atoms with van der Waals surface area (Å²) in [6.45, 7) is 8.39. The largest absolute Gasteiger partial charge is 0.330 e. The molecule has 0 saturated carbocycles. The second-order valence-corrected chi connectivity index (χ2v) is 5.67. The van der Waals surface area contributed by atoms with E-state index >= 15 is 0 Å². The van der Waals surface area contributed by atoms with Gasteiger partial charge in [-0.3, -0.25) is 0 Å². The number of benzene rings is 1. The fourth-order valence-corrected chi connectivity index (χ4v) is 2.74. The first-order valence-electron chi connectivity index (χ1n) is 7.32. The molecule has 0 saturated heterocycles. The Balaban J connectivity index is 2.47. The van der Waals surface area contributed by atoms with E-state index in [1.54, 1.807) is 0 Å². The van der Waals surface area contributed by atoms with E-state index in [2.05, 4.69) is 49.6 Å². The molecule has 19 heavy (non-hydrogen) atoms. The monoisotopic (exact) mass is 259 g/mol. The van der Waals surface area contributed by atoms with Gasteiger partial charge in [-0.2, -0.15) is 0 Å². The summed E-state index contributed by atoms with van der Waals surface area (Å²) in [4.78, 5) is 4.84. The minimum atomic E-state index is 0.360. The van der Waals surface area contributed by atoms with Crippen LogP contribution < -0.4 is 5.73 Å². The molecule has 1 aromatic carbocycles. The van der Waals surface area contributed by atoms with Gasteiger partial charge in [0.25, 0.3) is 0 Å². The second kappa shape index (κ2) is 6.20. The minimum absolute atomic E-state index is 0.360. The van der Waals surface area contributed by atoms with Crippen LogP contribution in [0.1, 0.15) is 45.4 Å². The maximum absolute atomic E-state index is 5.99. The molecule has 0 aliphatic rings. The molecule has 3 heteroatoms. The highest BCUT2D eigenvalue weighted by atomic mass is 15.1. The molecular weight excluding hydrogens is 234 g/mol. The van der Waals surface area contributed by atoms with Gasteiger partial charge in [-0.1, -0.05) is 32.9 Å². The highest BCUT2D eigenvalue weighted by molar-refractivity contribution is 5.76. The first-order valence-corrected chi connectivity index (χ1v) is 7.32. The van der Waals surface area contributed by atoms with Crippen molar-refractivity contribution in [2.75, 3.05) is 6.54 Å². The molecular formula is C16H25N3. The van der Waals surface area contributed by atoms with Crippen molar-refractivity contribution in [1.82, 2.24) is 9.55 Å². The fourth-order valence-electron chi connectivity index (χ4n) is 2.74. The van der Waals surface area contributed by atoms with Crippen LogP contribution in [0.15, 0.2) is 24.3 Å². The standard InChI is InChI=1S/C16H25N3/c1-4-9-19-15-8-6-5-7-14(15)18-16(19)13(11-17)10-12(2)3/h5-8,12-13H,4,9-11,17H2,1-3H3. The molecule has 0 amide bonds. The molecule has 104 valence electrons. The zero-order valence-electron chi connectivity index (χ0n) is 12.3. The molecule has 0 aliphatic heterocycles. The van der Waals surface area contributed by atoms with Crippen molar-refractivity contribution in [2.45, 2.75) is 46.1 Å². The number of aryl methyl sites for hydroxylation is 1. The zero-order valence-corrected chi connectivity index (χ0v) is 12.3. The van der Waals surface area contributed by atoms with Gasteiger partial charge in [0.15, 0.2) is 0 Å². The lowest BCUT2D eigenvalue weighted by Crippen LogP contribution is -2.19. The third-order valence-electron chi connectivity index (χ3n) is 3.54. The average molecular weight is 259 g/mol. The number of nitrogens with zero attached hydrogens (tertiary/aromatic N) is 2. The van der Waals surface area contributed by atoms with Gasteiger partial charge in [0.05, 0.1) is 11.0 Å². The van der Waals surface area contributed by atoms with Crippen LogP contribution in [0.2, 0.25) is 0 Å². The number of para-hydroxylation sites is 2. The summed E-state index contributed by atoms with van der Waals surface area (Å²) in [7, 11) is 0. The van der Waals surface area contributed by atoms with Gasteiger partial charge in [-0.05, 0) is 30.9 Å². The van der Waals surface area contributed by atoms with Crippen LogP contribution in [0.25, 0.3) is 11.0 Å². The predicted octanol–water partition coefficient (Wildman–Crippen LogP) is 3.53. The maximum atomic E-state index is 5.99. The molecule has 1 heterocycles. The van der Waals surface area contributed by atoms with Gasteiger partial charge in [-0.15, -0.1) is 0 Å². The summed E-state index contributed by atoms with van der Waals surface area (Å²) in [5.74, 6) is 2.17. The predicted molar refractivity (Wildman–Crippen MR) is 81.3 cm³/mol. The minimum Gasteiger partial charge on any atom is -0.330 e. The van der Waals surface area contributed by atoms with Gasteiger partial charge in [0.2, 0.25) is 0 Å². The van der Waals surface area contributed by atoms with E-state index in [0.29, 0.717) is 18.4 Å². The molecule has 1 aromatic heterocycles. The molecule has 0 fully saturated rings. The summed E-state index contributed by atoms with van der Waals surface area (Å²) in [5, 5.41) is 0. The van der Waals surface area contributed by atoms with Crippen LogP contribution in [-0.4, -0.2) is 16.1 Å². The highest BCUT2D eigenvalue weighted by Crippen LogP contribution is 2.26. The van der Waals surface area contributed by atoms with Gasteiger partial charge < -0.3 is 10.3 Å². The molecule has 3 nitrogen and oxygen atoms in total. The molecule has 0 spiro atoms. The van der Waals surface area contributed by atoms with E-state index < -0.39 is 0 Å². The van der Waals surface area contributed by atoms with Crippen molar-refractivity contribution in [2.24, 2.45) is 11.7 Å². The SMILES string of the molecule is CCCn1c(C(CN)CC(C)C)nc2ccccc21. The molecule has 0 aliphatic carbocycles. The van der Waals surface area contributed by atoms with Crippen LogP contribution in [-0.2, 0) is 6.54 Å². The Bertz CT molecular complexity index is 528. The molecule has 2 rings (SSSR count). The van der Waals surface area contributed by atoms with E-state index in [4.69, 9.17) is 10.7 Å². The van der Waals surface area contributed by atoms with Gasteiger partial charge in [-0.25, -0.2) is 4.98 Å². The Kier molecular flexibility index (Phi) is 4.59. The van der Waals surface area contributed by atoms with Gasteiger partial charge in [0.1, 0.15) is 5.82 Å². The average Bonchev–Trinajstić information content (AvgIpc) is 2.75. The smallest absolute Gasteiger partial charge is 0.114 e. The van der Waals surface area contributed by atoms with E-state index in [1.165, 1.54) is 11.3 Å². The molecule has 2 N–H and O–H groups in total. The Morgan fingerprint density at radius 2 is 2.00 bits per heavy atom. The number of rotatable bonds is 6. The Labute approximate surface area is 115 Å². The van der Waals surface area contributed by atoms with Crippen LogP contribution in [0, 0.1) is 5.92 Å². The summed E-state index contributed by atoms with van der Waals surface area (Å²) in [5.41, 5.74) is 8.32. The molecule has 2 aromatic rings. The molecule has 0 radical (unpaired) electrons. The van der Waals surface area contributed by atoms with E-state index in [9.17, 15) is 0 Å². The Morgan fingerprint density at radius 3 is 2.63 bits per heavy atom.